The summed E-state index contributed by atoms with van der Waals surface area (Å²) in [6, 6.07) is 4.94. The van der Waals surface area contributed by atoms with Crippen LogP contribution in [-0.4, -0.2) is 54.4 Å². The minimum absolute atomic E-state index is 0.0365. The van der Waals surface area contributed by atoms with Crippen LogP contribution in [0.25, 0.3) is 0 Å². The standard InChI is InChI=1S/C15H17F3N2O5S/c16-15(17,18)26(24,25)19-11(9-10-5-2-1-3-6-10)13(21)20-8-4-7-12(20)14(22)23/h1-3,5-6,11-12,19H,4,7-9H2,(H,22,23)/t11-,12?/m1/s1. The van der Waals surface area contributed by atoms with Crippen molar-refractivity contribution in [3.63, 3.8) is 0 Å². The summed E-state index contributed by atoms with van der Waals surface area (Å²) in [5, 5.41) is 9.15. The molecule has 0 aliphatic carbocycles. The lowest BCUT2D eigenvalue weighted by Gasteiger charge is -2.27. The molecule has 2 atom stereocenters. The minimum Gasteiger partial charge on any atom is -0.480 e. The summed E-state index contributed by atoms with van der Waals surface area (Å²) < 4.78 is 62.4. The van der Waals surface area contributed by atoms with Gasteiger partial charge in [0.05, 0.1) is 0 Å². The number of carboxylic acid groups (broad SMARTS) is 1. The molecule has 144 valence electrons. The lowest BCUT2D eigenvalue weighted by molar-refractivity contribution is -0.148. The van der Waals surface area contributed by atoms with E-state index >= 15 is 0 Å². The second kappa shape index (κ2) is 7.62. The summed E-state index contributed by atoms with van der Waals surface area (Å²) in [4.78, 5) is 24.8. The highest BCUT2D eigenvalue weighted by Crippen LogP contribution is 2.24. The molecule has 1 amide bonds. The first-order valence-electron chi connectivity index (χ1n) is 7.69. The smallest absolute Gasteiger partial charge is 0.480 e. The number of alkyl halides is 3. The van der Waals surface area contributed by atoms with E-state index in [-0.39, 0.29) is 19.4 Å². The average molecular weight is 394 g/mol. The molecule has 1 unspecified atom stereocenters. The van der Waals surface area contributed by atoms with Gasteiger partial charge in [0.2, 0.25) is 5.91 Å². The van der Waals surface area contributed by atoms with Crippen LogP contribution in [0.2, 0.25) is 0 Å². The number of benzene rings is 1. The number of hydrogen-bond acceptors (Lipinski definition) is 4. The van der Waals surface area contributed by atoms with Crippen LogP contribution in [0.4, 0.5) is 13.2 Å². The Morgan fingerprint density at radius 2 is 1.88 bits per heavy atom. The molecular weight excluding hydrogens is 377 g/mol. The number of sulfonamides is 1. The van der Waals surface area contributed by atoms with Crippen LogP contribution in [0.1, 0.15) is 18.4 Å². The van der Waals surface area contributed by atoms with E-state index in [1.165, 1.54) is 16.9 Å². The van der Waals surface area contributed by atoms with E-state index in [1.54, 1.807) is 18.2 Å². The van der Waals surface area contributed by atoms with E-state index in [0.717, 1.165) is 4.90 Å². The second-order valence-electron chi connectivity index (χ2n) is 5.84. The van der Waals surface area contributed by atoms with Crippen LogP contribution >= 0.6 is 0 Å². The molecule has 1 heterocycles. The Labute approximate surface area is 147 Å². The van der Waals surface area contributed by atoms with Crippen molar-refractivity contribution in [3.8, 4) is 0 Å². The van der Waals surface area contributed by atoms with Crippen molar-refractivity contribution >= 4 is 21.9 Å². The first kappa shape index (κ1) is 20.2. The number of carbonyl (C=O) groups is 2. The highest BCUT2D eigenvalue weighted by atomic mass is 32.2. The van der Waals surface area contributed by atoms with Crippen molar-refractivity contribution in [1.29, 1.82) is 0 Å². The van der Waals surface area contributed by atoms with E-state index in [1.807, 2.05) is 0 Å². The van der Waals surface area contributed by atoms with Crippen molar-refractivity contribution in [2.45, 2.75) is 36.9 Å². The molecule has 7 nitrogen and oxygen atoms in total. The van der Waals surface area contributed by atoms with Crippen LogP contribution in [0.3, 0.4) is 0 Å². The van der Waals surface area contributed by atoms with Crippen molar-refractivity contribution in [2.75, 3.05) is 6.54 Å². The Bertz CT molecular complexity index is 767. The number of nitrogens with one attached hydrogen (secondary N) is 1. The summed E-state index contributed by atoms with van der Waals surface area (Å²) in [5.41, 5.74) is -5.15. The van der Waals surface area contributed by atoms with Gasteiger partial charge in [-0.1, -0.05) is 30.3 Å². The Hall–Kier alpha value is -2.14. The lowest BCUT2D eigenvalue weighted by Crippen LogP contribution is -2.54. The van der Waals surface area contributed by atoms with Crippen molar-refractivity contribution in [3.05, 3.63) is 35.9 Å². The fraction of sp³-hybridized carbons (Fsp3) is 0.467. The Kier molecular flexibility index (Phi) is 5.91. The molecule has 1 saturated heterocycles. The number of aliphatic carboxylic acids is 1. The molecular formula is C15H17F3N2O5S. The van der Waals surface area contributed by atoms with Gasteiger partial charge in [-0.3, -0.25) is 4.79 Å². The zero-order chi connectivity index (χ0) is 19.5. The molecule has 1 aromatic carbocycles. The number of nitrogens with zero attached hydrogens (tertiary/aromatic N) is 1. The number of carboxylic acids is 1. The quantitative estimate of drug-likeness (QED) is 0.752. The summed E-state index contributed by atoms with van der Waals surface area (Å²) in [5.74, 6) is -2.28. The van der Waals surface area contributed by atoms with E-state index < -0.39 is 39.5 Å². The van der Waals surface area contributed by atoms with Gasteiger partial charge in [0.1, 0.15) is 12.1 Å². The van der Waals surface area contributed by atoms with Crippen LogP contribution in [-0.2, 0) is 26.0 Å². The summed E-state index contributed by atoms with van der Waals surface area (Å²) in [6.45, 7) is 0.0365. The molecule has 0 bridgehead atoms. The van der Waals surface area contributed by atoms with Gasteiger partial charge in [0.15, 0.2) is 0 Å². The number of hydrogen-bond donors (Lipinski definition) is 2. The van der Waals surface area contributed by atoms with Crippen molar-refractivity contribution in [2.24, 2.45) is 0 Å². The van der Waals surface area contributed by atoms with Gasteiger partial charge < -0.3 is 10.0 Å². The van der Waals surface area contributed by atoms with E-state index in [2.05, 4.69) is 0 Å². The molecule has 2 N–H and O–H groups in total. The molecule has 1 fully saturated rings. The highest BCUT2D eigenvalue weighted by Gasteiger charge is 2.48. The zero-order valence-corrected chi connectivity index (χ0v) is 14.3. The van der Waals surface area contributed by atoms with Crippen LogP contribution in [0.15, 0.2) is 30.3 Å². The molecule has 26 heavy (non-hydrogen) atoms. The molecule has 11 heteroatoms. The topological polar surface area (TPSA) is 104 Å². The van der Waals surface area contributed by atoms with Crippen LogP contribution < -0.4 is 4.72 Å². The Balaban J connectivity index is 2.30. The van der Waals surface area contributed by atoms with E-state index in [9.17, 15) is 31.2 Å². The molecule has 0 saturated carbocycles. The van der Waals surface area contributed by atoms with E-state index in [0.29, 0.717) is 12.0 Å². The fourth-order valence-corrected chi connectivity index (χ4v) is 3.46. The van der Waals surface area contributed by atoms with Gasteiger partial charge in [-0.25, -0.2) is 13.2 Å². The van der Waals surface area contributed by atoms with Crippen LogP contribution in [0.5, 0.6) is 0 Å². The Morgan fingerprint density at radius 3 is 2.42 bits per heavy atom. The van der Waals surface area contributed by atoms with Gasteiger partial charge in [-0.15, -0.1) is 0 Å². The first-order valence-corrected chi connectivity index (χ1v) is 9.17. The van der Waals surface area contributed by atoms with Crippen molar-refractivity contribution in [1.82, 2.24) is 9.62 Å². The summed E-state index contributed by atoms with van der Waals surface area (Å²) >= 11 is 0. The summed E-state index contributed by atoms with van der Waals surface area (Å²) in [6.07, 6.45) is 0.190. The molecule has 0 radical (unpaired) electrons. The fourth-order valence-electron chi connectivity index (χ4n) is 2.77. The molecule has 0 aromatic heterocycles. The third kappa shape index (κ3) is 4.52. The lowest BCUT2D eigenvalue weighted by atomic mass is 10.1. The maximum absolute atomic E-state index is 12.7. The average Bonchev–Trinajstić information content (AvgIpc) is 3.03. The predicted octanol–water partition coefficient (Wildman–Crippen LogP) is 1.11. The van der Waals surface area contributed by atoms with Crippen LogP contribution in [0, 0.1) is 0 Å². The Morgan fingerprint density at radius 1 is 1.27 bits per heavy atom. The third-order valence-electron chi connectivity index (χ3n) is 4.00. The van der Waals surface area contributed by atoms with Gasteiger partial charge in [0, 0.05) is 6.54 Å². The first-order chi connectivity index (χ1) is 12.0. The predicted molar refractivity (Wildman–Crippen MR) is 84.4 cm³/mol. The van der Waals surface area contributed by atoms with Gasteiger partial charge in [0.25, 0.3) is 0 Å². The van der Waals surface area contributed by atoms with Gasteiger partial charge in [-0.2, -0.15) is 17.9 Å². The van der Waals surface area contributed by atoms with Gasteiger partial charge >= 0.3 is 21.5 Å². The molecule has 1 aliphatic heterocycles. The number of carbonyl (C=O) groups excluding carboxylic acids is 1. The van der Waals surface area contributed by atoms with E-state index in [4.69, 9.17) is 5.11 Å². The SMILES string of the molecule is O=C(O)C1CCCN1C(=O)[C@@H](Cc1ccccc1)NS(=O)(=O)C(F)(F)F. The monoisotopic (exact) mass is 394 g/mol. The normalized spacial score (nSPS) is 19.3. The maximum atomic E-state index is 12.7. The summed E-state index contributed by atoms with van der Waals surface area (Å²) in [7, 11) is -5.77. The molecule has 0 spiro atoms. The third-order valence-corrected chi connectivity index (χ3v) is 5.21. The zero-order valence-electron chi connectivity index (χ0n) is 13.4. The van der Waals surface area contributed by atoms with Gasteiger partial charge in [-0.05, 0) is 24.8 Å². The molecule has 1 aromatic rings. The highest BCUT2D eigenvalue weighted by molar-refractivity contribution is 7.90. The largest absolute Gasteiger partial charge is 0.511 e. The maximum Gasteiger partial charge on any atom is 0.511 e. The molecule has 1 aliphatic rings. The second-order valence-corrected chi connectivity index (χ2v) is 7.54. The van der Waals surface area contributed by atoms with Crippen molar-refractivity contribution < 1.29 is 36.3 Å². The number of rotatable bonds is 6. The molecule has 2 rings (SSSR count). The number of halogens is 3. The number of likely N-dealkylation sites (tertiary alicyclic amines) is 1. The minimum atomic E-state index is -5.77. The number of amides is 1.